The number of nitrogens with zero attached hydrogens (tertiary/aromatic N) is 4. The molecule has 0 amide bonds. The minimum atomic E-state index is 0.730. The summed E-state index contributed by atoms with van der Waals surface area (Å²) in [6.07, 6.45) is 7.41. The Morgan fingerprint density at radius 1 is 0.373 bits per heavy atom. The minimum absolute atomic E-state index is 0.730. The first-order valence-electron chi connectivity index (χ1n) is 25.9. The molecule has 0 atom stereocenters. The molecule has 0 unspecified atom stereocenters. The van der Waals surface area contributed by atoms with Gasteiger partial charge in [-0.25, -0.2) is 0 Å². The van der Waals surface area contributed by atoms with Crippen molar-refractivity contribution in [1.82, 2.24) is 8.75 Å². The van der Waals surface area contributed by atoms with Crippen molar-refractivity contribution in [2.45, 2.75) is 45.4 Å². The van der Waals surface area contributed by atoms with Gasteiger partial charge in [0.1, 0.15) is 33.9 Å². The number of aromatic nitrogens is 2. The van der Waals surface area contributed by atoms with Gasteiger partial charge in [0.15, 0.2) is 0 Å². The van der Waals surface area contributed by atoms with Crippen LogP contribution in [0.1, 0.15) is 90.0 Å². The summed E-state index contributed by atoms with van der Waals surface area (Å²) in [5.74, 6) is 1.71. The molecule has 11 rings (SSSR count). The Morgan fingerprint density at radius 2 is 0.707 bits per heavy atom. The smallest absolute Gasteiger partial charge is 0.119 e. The fraction of sp³-hybridized carbons (Fsp3) is 0.134. The SMILES string of the molecule is CCCCCCCCOc1ccc(/C(=C(\c2ccccc2)c2ccc(-c3c4c(c(-c5ccc(/C(=C(\c6ccccc6)c6ccc(OC)cc6)c6ccccc6)cc5)c5nsnc35)N=S=N4)cc2)c2ccccc2)cc1. The molecule has 6 nitrogen and oxygen atoms in total. The topological polar surface area (TPSA) is 69.0 Å². The van der Waals surface area contributed by atoms with Crippen LogP contribution in [0.3, 0.4) is 0 Å². The van der Waals surface area contributed by atoms with Crippen LogP contribution < -0.4 is 9.47 Å². The highest BCUT2D eigenvalue weighted by Crippen LogP contribution is 2.52. The molecule has 0 spiro atoms. The summed E-state index contributed by atoms with van der Waals surface area (Å²) < 4.78 is 31.8. The molecule has 1 aliphatic heterocycles. The van der Waals surface area contributed by atoms with Gasteiger partial charge in [-0.1, -0.05) is 233 Å². The molecule has 75 heavy (non-hydrogen) atoms. The summed E-state index contributed by atoms with van der Waals surface area (Å²) in [6.45, 7) is 2.99. The van der Waals surface area contributed by atoms with E-state index >= 15 is 0 Å². The van der Waals surface area contributed by atoms with E-state index in [-0.39, 0.29) is 0 Å². The monoisotopic (exact) mass is 1010 g/mol. The van der Waals surface area contributed by atoms with Gasteiger partial charge in [-0.15, -0.1) is 0 Å². The number of ether oxygens (including phenoxy) is 2. The van der Waals surface area contributed by atoms with Crippen LogP contribution in [-0.4, -0.2) is 22.5 Å². The number of benzene rings is 9. The van der Waals surface area contributed by atoms with Gasteiger partial charge >= 0.3 is 0 Å². The van der Waals surface area contributed by atoms with Gasteiger partial charge in [-0.2, -0.15) is 17.5 Å². The van der Waals surface area contributed by atoms with Gasteiger partial charge < -0.3 is 9.47 Å². The van der Waals surface area contributed by atoms with E-state index in [1.807, 2.05) is 12.1 Å². The molecule has 0 saturated carbocycles. The lowest BCUT2D eigenvalue weighted by Crippen LogP contribution is -1.99. The van der Waals surface area contributed by atoms with Gasteiger partial charge in [0.05, 0.1) is 36.8 Å². The first kappa shape index (κ1) is 48.9. The molecule has 0 aliphatic carbocycles. The zero-order valence-electron chi connectivity index (χ0n) is 42.2. The second-order valence-electron chi connectivity index (χ2n) is 18.7. The van der Waals surface area contributed by atoms with Crippen molar-refractivity contribution in [2.24, 2.45) is 8.73 Å². The third-order valence-electron chi connectivity index (χ3n) is 13.9. The molecule has 1 aromatic heterocycles. The fourth-order valence-electron chi connectivity index (χ4n) is 10.2. The van der Waals surface area contributed by atoms with Crippen LogP contribution in [0.15, 0.2) is 227 Å². The quantitative estimate of drug-likeness (QED) is 0.0598. The van der Waals surface area contributed by atoms with E-state index < -0.39 is 0 Å². The Kier molecular flexibility index (Phi) is 15.2. The van der Waals surface area contributed by atoms with Gasteiger partial charge in [-0.3, -0.25) is 0 Å². The lowest BCUT2D eigenvalue weighted by atomic mass is 9.84. The number of rotatable bonds is 19. The maximum absolute atomic E-state index is 6.25. The predicted octanol–water partition coefficient (Wildman–Crippen LogP) is 18.5. The van der Waals surface area contributed by atoms with Crippen LogP contribution in [0.25, 0.3) is 55.6 Å². The van der Waals surface area contributed by atoms with E-state index in [0.29, 0.717) is 0 Å². The Balaban J connectivity index is 0.974. The maximum atomic E-state index is 6.25. The van der Waals surface area contributed by atoms with Crippen molar-refractivity contribution in [3.63, 3.8) is 0 Å². The molecule has 0 fully saturated rings. The van der Waals surface area contributed by atoms with E-state index in [0.717, 1.165) is 136 Å². The van der Waals surface area contributed by atoms with Crippen molar-refractivity contribution in [2.75, 3.05) is 13.7 Å². The predicted molar refractivity (Wildman–Crippen MR) is 314 cm³/mol. The first-order valence-corrected chi connectivity index (χ1v) is 27.3. The van der Waals surface area contributed by atoms with Gasteiger partial charge in [0.25, 0.3) is 0 Å². The highest BCUT2D eigenvalue weighted by molar-refractivity contribution is 7.58. The summed E-state index contributed by atoms with van der Waals surface area (Å²) >= 11 is 2.44. The molecule has 0 bridgehead atoms. The van der Waals surface area contributed by atoms with E-state index in [9.17, 15) is 0 Å². The third kappa shape index (κ3) is 10.6. The summed E-state index contributed by atoms with van der Waals surface area (Å²) in [6, 6.07) is 77.3. The van der Waals surface area contributed by atoms with Gasteiger partial charge in [0.2, 0.25) is 0 Å². The molecule has 1 aliphatic rings. The summed E-state index contributed by atoms with van der Waals surface area (Å²) in [4.78, 5) is 0. The number of hydrogen-bond donors (Lipinski definition) is 0. The molecule has 0 saturated heterocycles. The van der Waals surface area contributed by atoms with Crippen molar-refractivity contribution >= 4 is 67.8 Å². The second kappa shape index (κ2) is 23.3. The summed E-state index contributed by atoms with van der Waals surface area (Å²) in [5.41, 5.74) is 20.5. The van der Waals surface area contributed by atoms with E-state index in [1.54, 1.807) is 7.11 Å². The van der Waals surface area contributed by atoms with Crippen LogP contribution in [0, 0.1) is 0 Å². The number of methoxy groups -OCH3 is 1. The third-order valence-corrected chi connectivity index (χ3v) is 14.9. The number of unbranched alkanes of at least 4 members (excludes halogenated alkanes) is 5. The zero-order valence-corrected chi connectivity index (χ0v) is 43.8. The second-order valence-corrected chi connectivity index (χ2v) is 19.7. The maximum Gasteiger partial charge on any atom is 0.119 e. The molecular formula is C67H56N4O2S2. The molecule has 368 valence electrons. The largest absolute Gasteiger partial charge is 0.497 e. The van der Waals surface area contributed by atoms with Crippen LogP contribution >= 0.6 is 11.7 Å². The fourth-order valence-corrected chi connectivity index (χ4v) is 11.3. The summed E-state index contributed by atoms with van der Waals surface area (Å²) in [5, 5.41) is 0. The van der Waals surface area contributed by atoms with E-state index in [1.165, 1.54) is 55.2 Å². The Hall–Kier alpha value is -8.30. The van der Waals surface area contributed by atoms with Crippen LogP contribution in [0.2, 0.25) is 0 Å². The van der Waals surface area contributed by atoms with E-state index in [2.05, 4.69) is 213 Å². The molecular weight excluding hydrogens is 957 g/mol. The lowest BCUT2D eigenvalue weighted by Gasteiger charge is -2.19. The lowest BCUT2D eigenvalue weighted by molar-refractivity contribution is 0.304. The highest BCUT2D eigenvalue weighted by Gasteiger charge is 2.27. The molecule has 8 heteroatoms. The Labute approximate surface area is 448 Å². The van der Waals surface area contributed by atoms with Crippen molar-refractivity contribution in [1.29, 1.82) is 0 Å². The first-order chi connectivity index (χ1) is 37.2. The van der Waals surface area contributed by atoms with E-state index in [4.69, 9.17) is 26.9 Å². The number of hydrogen-bond acceptors (Lipinski definition) is 7. The number of fused-ring (bicyclic) bond motifs is 2. The zero-order chi connectivity index (χ0) is 50.8. The summed E-state index contributed by atoms with van der Waals surface area (Å²) in [7, 11) is 1.70. The van der Waals surface area contributed by atoms with Crippen LogP contribution in [0.5, 0.6) is 11.5 Å². The Bertz CT molecular complexity index is 3680. The molecule has 2 heterocycles. The van der Waals surface area contributed by atoms with Crippen LogP contribution in [0.4, 0.5) is 11.4 Å². The molecule has 9 aromatic carbocycles. The highest BCUT2D eigenvalue weighted by atomic mass is 32.1. The van der Waals surface area contributed by atoms with Gasteiger partial charge in [-0.05, 0) is 109 Å². The average molecular weight is 1010 g/mol. The molecule has 10 aromatic rings. The molecule has 0 N–H and O–H groups in total. The normalized spacial score (nSPS) is 12.5. The average Bonchev–Trinajstić information content (AvgIpc) is 4.18. The molecule has 0 radical (unpaired) electrons. The van der Waals surface area contributed by atoms with Crippen molar-refractivity contribution in [3.05, 3.63) is 263 Å². The van der Waals surface area contributed by atoms with Crippen molar-refractivity contribution < 1.29 is 9.47 Å². The standard InChI is InChI=1S/C67H56N4O2S2/c1-3-4-5-6-7-20-45-73-57-43-39-53(40-44-57)61(49-27-18-11-19-28-49)59(47-23-14-9-15-24-47)51-31-35-55(36-32-51)63-66-64(68-74-70-66)62(65-67(63)71-75-69-65)54-33-29-50(30-34-54)58(46-21-12-8-13-22-46)60(48-25-16-10-17-26-48)52-37-41-56(72-2)42-38-52/h8-19,21-44H,3-7,20,45H2,1-2H3/b60-58+,61-59+. The van der Waals surface area contributed by atoms with Crippen molar-refractivity contribution in [3.8, 4) is 33.8 Å². The van der Waals surface area contributed by atoms with Crippen LogP contribution in [-0.2, 0) is 11.4 Å². The Morgan fingerprint density at radius 3 is 1.08 bits per heavy atom. The minimum Gasteiger partial charge on any atom is -0.497 e. The van der Waals surface area contributed by atoms with Gasteiger partial charge in [0, 0.05) is 11.1 Å².